The Hall–Kier alpha value is -2.48. The van der Waals surface area contributed by atoms with E-state index in [-0.39, 0.29) is 6.61 Å². The maximum Gasteiger partial charge on any atom is 0.412 e. The van der Waals surface area contributed by atoms with Crippen LogP contribution in [0.3, 0.4) is 0 Å². The second-order valence-corrected chi connectivity index (χ2v) is 3.39. The molecule has 0 saturated carbocycles. The number of oxime groups is 1. The molecule has 0 aliphatic heterocycles. The molecule has 0 atom stereocenters. The van der Waals surface area contributed by atoms with Crippen molar-refractivity contribution in [1.82, 2.24) is 5.32 Å². The first kappa shape index (κ1) is 13.6. The molecule has 0 saturated heterocycles. The quantitative estimate of drug-likeness (QED) is 0.380. The van der Waals surface area contributed by atoms with Gasteiger partial charge >= 0.3 is 6.09 Å². The molecule has 0 heterocycles. The van der Waals surface area contributed by atoms with E-state index in [1.807, 2.05) is 13.0 Å². The molecule has 0 aliphatic rings. The van der Waals surface area contributed by atoms with E-state index in [9.17, 15) is 4.79 Å². The molecule has 5 nitrogen and oxygen atoms in total. The van der Waals surface area contributed by atoms with Crippen LogP contribution < -0.4 is 10.1 Å². The monoisotopic (exact) mass is 246 g/mol. The zero-order chi connectivity index (χ0) is 13.4. The number of carbonyl (C=O) groups is 1. The van der Waals surface area contributed by atoms with E-state index in [1.54, 1.807) is 12.1 Å². The maximum atomic E-state index is 11.2. The first-order chi connectivity index (χ1) is 8.67. The number of nitrogens with zero attached hydrogens (tertiary/aromatic N) is 1. The number of hydrogen-bond acceptors (Lipinski definition) is 4. The summed E-state index contributed by atoms with van der Waals surface area (Å²) < 4.78 is 5.10. The molecule has 0 bridgehead atoms. The van der Waals surface area contributed by atoms with E-state index in [1.165, 1.54) is 13.3 Å². The van der Waals surface area contributed by atoms with Gasteiger partial charge in [0, 0.05) is 12.6 Å². The molecule has 0 spiro atoms. The molecule has 0 aliphatic carbocycles. The molecular weight excluding hydrogens is 232 g/mol. The highest BCUT2D eigenvalue weighted by Crippen LogP contribution is 2.18. The number of benzene rings is 1. The maximum absolute atomic E-state index is 11.2. The van der Waals surface area contributed by atoms with Crippen LogP contribution in [0.5, 0.6) is 5.75 Å². The van der Waals surface area contributed by atoms with Crippen LogP contribution in [-0.2, 0) is 4.84 Å². The standard InChI is InChI=1S/C13H14N2O3/c1-4-7-17-15-9-11-6-5-10(2)8-12(11)18-13(16)14-3/h1,5-6,8-9H,7H2,2-3H3,(H,14,16). The molecule has 1 amide bonds. The zero-order valence-electron chi connectivity index (χ0n) is 10.3. The molecule has 0 fully saturated rings. The normalized spacial score (nSPS) is 9.83. The van der Waals surface area contributed by atoms with Gasteiger partial charge in [-0.2, -0.15) is 0 Å². The van der Waals surface area contributed by atoms with Gasteiger partial charge in [-0.25, -0.2) is 4.79 Å². The molecule has 5 heteroatoms. The molecule has 1 N–H and O–H groups in total. The average Bonchev–Trinajstić information content (AvgIpc) is 2.36. The minimum Gasteiger partial charge on any atom is -0.410 e. The highest BCUT2D eigenvalue weighted by Gasteiger charge is 2.06. The molecule has 1 rings (SSSR count). The Morgan fingerprint density at radius 3 is 3.06 bits per heavy atom. The third kappa shape index (κ3) is 4.18. The van der Waals surface area contributed by atoms with Crippen molar-refractivity contribution >= 4 is 12.3 Å². The van der Waals surface area contributed by atoms with E-state index in [0.29, 0.717) is 11.3 Å². The Labute approximate surface area is 106 Å². The molecule has 94 valence electrons. The lowest BCUT2D eigenvalue weighted by molar-refractivity contribution is 0.181. The molecule has 0 unspecified atom stereocenters. The zero-order valence-corrected chi connectivity index (χ0v) is 10.3. The summed E-state index contributed by atoms with van der Waals surface area (Å²) in [6.45, 7) is 1.99. The van der Waals surface area contributed by atoms with Crippen LogP contribution in [0.2, 0.25) is 0 Å². The summed E-state index contributed by atoms with van der Waals surface area (Å²) in [7, 11) is 1.49. The van der Waals surface area contributed by atoms with E-state index in [0.717, 1.165) is 5.56 Å². The minimum atomic E-state index is -0.542. The number of carbonyl (C=O) groups excluding carboxylic acids is 1. The fourth-order valence-electron chi connectivity index (χ4n) is 1.16. The van der Waals surface area contributed by atoms with Crippen molar-refractivity contribution < 1.29 is 14.4 Å². The van der Waals surface area contributed by atoms with Crippen LogP contribution in [0.1, 0.15) is 11.1 Å². The van der Waals surface area contributed by atoms with Crippen LogP contribution in [-0.4, -0.2) is 26.0 Å². The number of hydrogen-bond donors (Lipinski definition) is 1. The van der Waals surface area contributed by atoms with Crippen LogP contribution in [0, 0.1) is 19.3 Å². The first-order valence-corrected chi connectivity index (χ1v) is 5.26. The number of nitrogens with one attached hydrogen (secondary N) is 1. The fourth-order valence-corrected chi connectivity index (χ4v) is 1.16. The Morgan fingerprint density at radius 1 is 1.61 bits per heavy atom. The lowest BCUT2D eigenvalue weighted by Gasteiger charge is -2.07. The summed E-state index contributed by atoms with van der Waals surface area (Å²) in [4.78, 5) is 16.0. The summed E-state index contributed by atoms with van der Waals surface area (Å²) in [5.41, 5.74) is 1.59. The van der Waals surface area contributed by atoms with Gasteiger partial charge in [0.2, 0.25) is 0 Å². The van der Waals surface area contributed by atoms with Crippen molar-refractivity contribution in [2.24, 2.45) is 5.16 Å². The lowest BCUT2D eigenvalue weighted by atomic mass is 10.1. The van der Waals surface area contributed by atoms with Gasteiger partial charge in [0.25, 0.3) is 0 Å². The van der Waals surface area contributed by atoms with Crippen LogP contribution in [0.15, 0.2) is 23.4 Å². The summed E-state index contributed by atoms with van der Waals surface area (Å²) in [5, 5.41) is 6.05. The van der Waals surface area contributed by atoms with Gasteiger partial charge in [-0.05, 0) is 24.6 Å². The molecule has 18 heavy (non-hydrogen) atoms. The van der Waals surface area contributed by atoms with E-state index in [4.69, 9.17) is 16.0 Å². The highest BCUT2D eigenvalue weighted by molar-refractivity contribution is 5.85. The van der Waals surface area contributed by atoms with E-state index < -0.39 is 6.09 Å². The van der Waals surface area contributed by atoms with Crippen molar-refractivity contribution in [2.45, 2.75) is 6.92 Å². The van der Waals surface area contributed by atoms with E-state index >= 15 is 0 Å². The van der Waals surface area contributed by atoms with Crippen molar-refractivity contribution in [3.63, 3.8) is 0 Å². The second kappa shape index (κ2) is 6.97. The number of amides is 1. The summed E-state index contributed by atoms with van der Waals surface area (Å²) >= 11 is 0. The third-order valence-electron chi connectivity index (χ3n) is 1.99. The Bertz CT molecular complexity index is 489. The van der Waals surface area contributed by atoms with Gasteiger partial charge in [-0.1, -0.05) is 17.1 Å². The Balaban J connectivity index is 2.86. The molecule has 0 aromatic heterocycles. The van der Waals surface area contributed by atoms with Crippen molar-refractivity contribution in [3.05, 3.63) is 29.3 Å². The minimum absolute atomic E-state index is 0.0913. The smallest absolute Gasteiger partial charge is 0.410 e. The van der Waals surface area contributed by atoms with Crippen molar-refractivity contribution in [1.29, 1.82) is 0 Å². The SMILES string of the molecule is C#CCON=Cc1ccc(C)cc1OC(=O)NC. The van der Waals surface area contributed by atoms with Gasteiger partial charge in [0.1, 0.15) is 5.75 Å². The average molecular weight is 246 g/mol. The number of aryl methyl sites for hydroxylation is 1. The van der Waals surface area contributed by atoms with Crippen LogP contribution >= 0.6 is 0 Å². The number of rotatable bonds is 4. The van der Waals surface area contributed by atoms with Gasteiger partial charge in [-0.3, -0.25) is 0 Å². The van der Waals surface area contributed by atoms with Gasteiger partial charge in [0.05, 0.1) is 6.21 Å². The predicted molar refractivity (Wildman–Crippen MR) is 68.6 cm³/mol. The topological polar surface area (TPSA) is 59.9 Å². The Morgan fingerprint density at radius 2 is 2.39 bits per heavy atom. The van der Waals surface area contributed by atoms with Crippen LogP contribution in [0.25, 0.3) is 0 Å². The van der Waals surface area contributed by atoms with Crippen molar-refractivity contribution in [3.8, 4) is 18.1 Å². The Kier molecular flexibility index (Phi) is 5.26. The number of ether oxygens (including phenoxy) is 1. The summed E-state index contributed by atoms with van der Waals surface area (Å²) in [6.07, 6.45) is 5.91. The van der Waals surface area contributed by atoms with Crippen LogP contribution in [0.4, 0.5) is 4.79 Å². The molecular formula is C13H14N2O3. The summed E-state index contributed by atoms with van der Waals surface area (Å²) in [6, 6.07) is 5.38. The lowest BCUT2D eigenvalue weighted by Crippen LogP contribution is -2.22. The molecule has 0 radical (unpaired) electrons. The van der Waals surface area contributed by atoms with Crippen molar-refractivity contribution in [2.75, 3.05) is 13.7 Å². The third-order valence-corrected chi connectivity index (χ3v) is 1.99. The van der Waals surface area contributed by atoms with E-state index in [2.05, 4.69) is 16.4 Å². The van der Waals surface area contributed by atoms with Gasteiger partial charge < -0.3 is 14.9 Å². The molecule has 1 aromatic rings. The fraction of sp³-hybridized carbons (Fsp3) is 0.231. The largest absolute Gasteiger partial charge is 0.412 e. The highest BCUT2D eigenvalue weighted by atomic mass is 16.6. The van der Waals surface area contributed by atoms with Gasteiger partial charge in [-0.15, -0.1) is 6.42 Å². The first-order valence-electron chi connectivity index (χ1n) is 5.26. The molecule has 1 aromatic carbocycles. The number of terminal acetylenes is 1. The predicted octanol–water partition coefficient (Wildman–Crippen LogP) is 1.70. The van der Waals surface area contributed by atoms with Gasteiger partial charge in [0.15, 0.2) is 6.61 Å². The second-order valence-electron chi connectivity index (χ2n) is 3.39. The summed E-state index contributed by atoms with van der Waals surface area (Å²) in [5.74, 6) is 2.69.